The highest BCUT2D eigenvalue weighted by Crippen LogP contribution is 2.48. The summed E-state index contributed by atoms with van der Waals surface area (Å²) in [7, 11) is 2.20. The molecule has 0 spiro atoms. The van der Waals surface area contributed by atoms with Gasteiger partial charge in [0.25, 0.3) is 0 Å². The Morgan fingerprint density at radius 2 is 2.15 bits per heavy atom. The molecule has 1 aliphatic carbocycles. The predicted octanol–water partition coefficient (Wildman–Crippen LogP) is 3.37. The van der Waals surface area contributed by atoms with Gasteiger partial charge in [-0.25, -0.2) is 4.39 Å². The Morgan fingerprint density at radius 3 is 2.81 bits per heavy atom. The van der Waals surface area contributed by atoms with Crippen LogP contribution in [0.15, 0.2) is 29.3 Å². The molecular formula is C20H32FIN4. The molecule has 1 saturated heterocycles. The molecule has 1 aliphatic heterocycles. The predicted molar refractivity (Wildman–Crippen MR) is 117 cm³/mol. The van der Waals surface area contributed by atoms with Gasteiger partial charge in [-0.05, 0) is 69.8 Å². The lowest BCUT2D eigenvalue weighted by Crippen LogP contribution is -2.43. The molecule has 1 aromatic rings. The number of benzene rings is 1. The Bertz CT molecular complexity index is 603. The van der Waals surface area contributed by atoms with Crippen LogP contribution in [0.4, 0.5) is 4.39 Å². The van der Waals surface area contributed by atoms with E-state index in [4.69, 9.17) is 4.99 Å². The highest BCUT2D eigenvalue weighted by atomic mass is 127. The third-order valence-corrected chi connectivity index (χ3v) is 5.45. The SMILES string of the molecule is CCNC(=NCC1(c2cccc(F)c2)CC1)NCC1CCCN(C)C1.I. The molecule has 0 amide bonds. The first-order valence-electron chi connectivity index (χ1n) is 9.58. The topological polar surface area (TPSA) is 39.7 Å². The average Bonchev–Trinajstić information content (AvgIpc) is 3.39. The molecule has 26 heavy (non-hydrogen) atoms. The van der Waals surface area contributed by atoms with Crippen LogP contribution >= 0.6 is 24.0 Å². The Labute approximate surface area is 174 Å². The van der Waals surface area contributed by atoms with Crippen molar-refractivity contribution in [2.75, 3.05) is 39.8 Å². The van der Waals surface area contributed by atoms with Gasteiger partial charge in [-0.15, -0.1) is 24.0 Å². The second kappa shape index (κ2) is 9.88. The zero-order chi connectivity index (χ0) is 17.7. The lowest BCUT2D eigenvalue weighted by atomic mass is 9.96. The minimum atomic E-state index is -0.154. The van der Waals surface area contributed by atoms with E-state index >= 15 is 0 Å². The first kappa shape index (κ1) is 21.4. The van der Waals surface area contributed by atoms with E-state index in [1.807, 2.05) is 6.07 Å². The van der Waals surface area contributed by atoms with Gasteiger partial charge < -0.3 is 15.5 Å². The molecule has 1 atom stereocenters. The molecule has 1 heterocycles. The first-order valence-corrected chi connectivity index (χ1v) is 9.58. The molecule has 1 saturated carbocycles. The van der Waals surface area contributed by atoms with Crippen LogP contribution in [0.3, 0.4) is 0 Å². The normalized spacial score (nSPS) is 22.4. The fourth-order valence-electron chi connectivity index (χ4n) is 3.76. The summed E-state index contributed by atoms with van der Waals surface area (Å²) in [4.78, 5) is 7.22. The van der Waals surface area contributed by atoms with E-state index in [0.29, 0.717) is 5.92 Å². The van der Waals surface area contributed by atoms with Crippen molar-refractivity contribution in [3.05, 3.63) is 35.6 Å². The quantitative estimate of drug-likeness (QED) is 0.378. The summed E-state index contributed by atoms with van der Waals surface area (Å²) < 4.78 is 13.5. The molecule has 2 fully saturated rings. The van der Waals surface area contributed by atoms with Gasteiger partial charge in [0.15, 0.2) is 5.96 Å². The van der Waals surface area contributed by atoms with E-state index in [1.54, 1.807) is 12.1 Å². The number of guanidine groups is 1. The summed E-state index contributed by atoms with van der Waals surface area (Å²) in [5, 5.41) is 6.86. The molecule has 0 aromatic heterocycles. The monoisotopic (exact) mass is 474 g/mol. The first-order chi connectivity index (χ1) is 12.1. The second-order valence-electron chi connectivity index (χ2n) is 7.64. The summed E-state index contributed by atoms with van der Waals surface area (Å²) in [6.07, 6.45) is 4.74. The molecule has 3 rings (SSSR count). The maximum atomic E-state index is 13.5. The van der Waals surface area contributed by atoms with E-state index in [2.05, 4.69) is 29.5 Å². The number of hydrogen-bond donors (Lipinski definition) is 2. The maximum absolute atomic E-state index is 13.5. The van der Waals surface area contributed by atoms with Crippen LogP contribution in [-0.4, -0.2) is 50.6 Å². The summed E-state index contributed by atoms with van der Waals surface area (Å²) in [5.74, 6) is 1.42. The zero-order valence-corrected chi connectivity index (χ0v) is 18.3. The van der Waals surface area contributed by atoms with Gasteiger partial charge in [-0.2, -0.15) is 0 Å². The lowest BCUT2D eigenvalue weighted by Gasteiger charge is -2.30. The largest absolute Gasteiger partial charge is 0.357 e. The van der Waals surface area contributed by atoms with Crippen LogP contribution in [0.2, 0.25) is 0 Å². The van der Waals surface area contributed by atoms with Gasteiger partial charge in [0.2, 0.25) is 0 Å². The van der Waals surface area contributed by atoms with Crippen molar-refractivity contribution in [1.29, 1.82) is 0 Å². The molecule has 0 bridgehead atoms. The average molecular weight is 474 g/mol. The summed E-state index contributed by atoms with van der Waals surface area (Å²) >= 11 is 0. The zero-order valence-electron chi connectivity index (χ0n) is 15.9. The lowest BCUT2D eigenvalue weighted by molar-refractivity contribution is 0.210. The number of nitrogens with one attached hydrogen (secondary N) is 2. The van der Waals surface area contributed by atoms with Gasteiger partial charge in [0.1, 0.15) is 5.82 Å². The molecule has 146 valence electrons. The Kier molecular flexibility index (Phi) is 8.13. The number of aliphatic imine (C=N–C) groups is 1. The van der Waals surface area contributed by atoms with Crippen LogP contribution in [0, 0.1) is 11.7 Å². The van der Waals surface area contributed by atoms with Crippen molar-refractivity contribution in [2.45, 2.75) is 38.0 Å². The number of piperidine rings is 1. The number of halogens is 2. The van der Waals surface area contributed by atoms with Crippen LogP contribution in [-0.2, 0) is 5.41 Å². The highest BCUT2D eigenvalue weighted by Gasteiger charge is 2.44. The molecular weight excluding hydrogens is 442 g/mol. The van der Waals surface area contributed by atoms with Gasteiger partial charge in [-0.3, -0.25) is 4.99 Å². The minimum absolute atomic E-state index is 0. The molecule has 1 aromatic carbocycles. The number of rotatable bonds is 6. The number of hydrogen-bond acceptors (Lipinski definition) is 2. The third kappa shape index (κ3) is 5.81. The van der Waals surface area contributed by atoms with Crippen LogP contribution < -0.4 is 10.6 Å². The smallest absolute Gasteiger partial charge is 0.191 e. The fraction of sp³-hybridized carbons (Fsp3) is 0.650. The molecule has 2 N–H and O–H groups in total. The van der Waals surface area contributed by atoms with Gasteiger partial charge >= 0.3 is 0 Å². The van der Waals surface area contributed by atoms with Crippen molar-refractivity contribution < 1.29 is 4.39 Å². The maximum Gasteiger partial charge on any atom is 0.191 e. The summed E-state index contributed by atoms with van der Waals surface area (Å²) in [6, 6.07) is 7.01. The van der Waals surface area contributed by atoms with Crippen molar-refractivity contribution >= 4 is 29.9 Å². The van der Waals surface area contributed by atoms with Crippen molar-refractivity contribution in [3.8, 4) is 0 Å². The van der Waals surface area contributed by atoms with Crippen molar-refractivity contribution in [3.63, 3.8) is 0 Å². The van der Waals surface area contributed by atoms with Gasteiger partial charge in [-0.1, -0.05) is 12.1 Å². The Morgan fingerprint density at radius 1 is 1.35 bits per heavy atom. The standard InChI is InChI=1S/C20H31FN4.HI/c1-3-22-19(23-13-16-6-5-11-25(2)14-16)24-15-20(9-10-20)17-7-4-8-18(21)12-17;/h4,7-8,12,16H,3,5-6,9-11,13-15H2,1-2H3,(H2,22,23,24);1H. The van der Waals surface area contributed by atoms with Crippen LogP contribution in [0.1, 0.15) is 38.2 Å². The number of likely N-dealkylation sites (tertiary alicyclic amines) is 1. The van der Waals surface area contributed by atoms with E-state index in [-0.39, 0.29) is 35.2 Å². The highest BCUT2D eigenvalue weighted by molar-refractivity contribution is 14.0. The van der Waals surface area contributed by atoms with Crippen LogP contribution in [0.5, 0.6) is 0 Å². The molecule has 1 unspecified atom stereocenters. The molecule has 2 aliphatic rings. The third-order valence-electron chi connectivity index (χ3n) is 5.45. The Balaban J connectivity index is 0.00000243. The fourth-order valence-corrected chi connectivity index (χ4v) is 3.76. The van der Waals surface area contributed by atoms with E-state index in [1.165, 1.54) is 25.5 Å². The minimum Gasteiger partial charge on any atom is -0.357 e. The van der Waals surface area contributed by atoms with Gasteiger partial charge in [0, 0.05) is 25.0 Å². The van der Waals surface area contributed by atoms with Crippen molar-refractivity contribution in [1.82, 2.24) is 15.5 Å². The second-order valence-corrected chi connectivity index (χ2v) is 7.64. The van der Waals surface area contributed by atoms with Gasteiger partial charge in [0.05, 0.1) is 6.54 Å². The molecule has 4 nitrogen and oxygen atoms in total. The Hall–Kier alpha value is -0.890. The summed E-state index contributed by atoms with van der Waals surface area (Å²) in [6.45, 7) is 6.98. The van der Waals surface area contributed by atoms with E-state index in [9.17, 15) is 4.39 Å². The molecule has 6 heteroatoms. The van der Waals surface area contributed by atoms with E-state index in [0.717, 1.165) is 50.5 Å². The van der Waals surface area contributed by atoms with E-state index < -0.39 is 0 Å². The van der Waals surface area contributed by atoms with Crippen molar-refractivity contribution in [2.24, 2.45) is 10.9 Å². The molecule has 0 radical (unpaired) electrons. The number of nitrogens with zero attached hydrogens (tertiary/aromatic N) is 2. The van der Waals surface area contributed by atoms with Crippen LogP contribution in [0.25, 0.3) is 0 Å². The summed E-state index contributed by atoms with van der Waals surface area (Å²) in [5.41, 5.74) is 1.12.